The summed E-state index contributed by atoms with van der Waals surface area (Å²) in [4.78, 5) is 17.6. The SMILES string of the molecule is CS(=O)(=O)Nc1ccccc1N1CCN(C(=O)[C@@H](Cc2ccc(Cl)cc2)NCc2ccccc2)CC1.[HH]. The number of carbonyl (C=O) groups is 1. The molecule has 1 atom stereocenters. The van der Waals surface area contributed by atoms with E-state index in [0.717, 1.165) is 23.1 Å². The fraction of sp³-hybridized carbons (Fsp3) is 0.296. The van der Waals surface area contributed by atoms with E-state index in [2.05, 4.69) is 14.9 Å². The lowest BCUT2D eigenvalue weighted by Crippen LogP contribution is -2.54. The third-order valence-corrected chi connectivity index (χ3v) is 7.02. The van der Waals surface area contributed by atoms with Crippen LogP contribution in [-0.4, -0.2) is 57.7 Å². The Morgan fingerprint density at radius 3 is 2.22 bits per heavy atom. The predicted molar refractivity (Wildman–Crippen MR) is 148 cm³/mol. The standard InChI is InChI=1S/C27H31ClN4O3S.H2/c1-36(34,35)30-24-9-5-6-10-26(24)31-15-17-32(18-16-31)27(33)25(19-21-11-13-23(28)14-12-21)29-20-22-7-3-2-4-8-22;/h2-14,25,29-30H,15-20H2,1H3;1H/t25-;/m1./s1. The summed E-state index contributed by atoms with van der Waals surface area (Å²) < 4.78 is 26.2. The summed E-state index contributed by atoms with van der Waals surface area (Å²) in [6, 6.07) is 24.6. The van der Waals surface area contributed by atoms with E-state index in [1.54, 1.807) is 12.1 Å². The molecule has 0 unspecified atom stereocenters. The molecule has 3 aromatic carbocycles. The lowest BCUT2D eigenvalue weighted by molar-refractivity contribution is -0.133. The monoisotopic (exact) mass is 528 g/mol. The average Bonchev–Trinajstić information content (AvgIpc) is 2.87. The first-order chi connectivity index (χ1) is 17.3. The van der Waals surface area contributed by atoms with Crippen LogP contribution in [0, 0.1) is 0 Å². The van der Waals surface area contributed by atoms with Crippen molar-refractivity contribution in [1.29, 1.82) is 0 Å². The largest absolute Gasteiger partial charge is 0.366 e. The molecule has 0 radical (unpaired) electrons. The van der Waals surface area contributed by atoms with Crippen LogP contribution in [0.15, 0.2) is 78.9 Å². The molecule has 0 aromatic heterocycles. The number of hydrogen-bond donors (Lipinski definition) is 2. The summed E-state index contributed by atoms with van der Waals surface area (Å²) in [5, 5.41) is 4.13. The topological polar surface area (TPSA) is 81.8 Å². The van der Waals surface area contributed by atoms with Gasteiger partial charge in [0.1, 0.15) is 0 Å². The maximum Gasteiger partial charge on any atom is 0.240 e. The van der Waals surface area contributed by atoms with Gasteiger partial charge in [-0.1, -0.05) is 66.2 Å². The van der Waals surface area contributed by atoms with Crippen molar-refractivity contribution in [2.75, 3.05) is 42.1 Å². The number of amides is 1. The van der Waals surface area contributed by atoms with Crippen molar-refractivity contribution in [3.05, 3.63) is 95.0 Å². The van der Waals surface area contributed by atoms with Crippen LogP contribution in [0.1, 0.15) is 12.6 Å². The molecule has 7 nitrogen and oxygen atoms in total. The smallest absolute Gasteiger partial charge is 0.240 e. The number of halogens is 1. The fourth-order valence-electron chi connectivity index (χ4n) is 4.36. The van der Waals surface area contributed by atoms with Crippen LogP contribution in [0.5, 0.6) is 0 Å². The van der Waals surface area contributed by atoms with Gasteiger partial charge in [0.2, 0.25) is 15.9 Å². The molecule has 9 heteroatoms. The number of benzene rings is 3. The molecule has 1 heterocycles. The van der Waals surface area contributed by atoms with Crippen molar-refractivity contribution < 1.29 is 14.6 Å². The van der Waals surface area contributed by atoms with Gasteiger partial charge in [0, 0.05) is 39.2 Å². The van der Waals surface area contributed by atoms with Crippen LogP contribution in [-0.2, 0) is 27.8 Å². The van der Waals surface area contributed by atoms with E-state index >= 15 is 0 Å². The highest BCUT2D eigenvalue weighted by Gasteiger charge is 2.28. The molecule has 192 valence electrons. The molecule has 2 N–H and O–H groups in total. The van der Waals surface area contributed by atoms with Gasteiger partial charge in [-0.3, -0.25) is 9.52 Å². The highest BCUT2D eigenvalue weighted by atomic mass is 35.5. The molecule has 3 aromatic rings. The summed E-state index contributed by atoms with van der Waals surface area (Å²) in [6.45, 7) is 2.92. The molecular weight excluding hydrogens is 496 g/mol. The number of nitrogens with zero attached hydrogens (tertiary/aromatic N) is 2. The zero-order valence-electron chi connectivity index (χ0n) is 20.2. The zero-order valence-corrected chi connectivity index (χ0v) is 21.8. The summed E-state index contributed by atoms with van der Waals surface area (Å²) in [7, 11) is -3.39. The average molecular weight is 529 g/mol. The van der Waals surface area contributed by atoms with Gasteiger partial charge in [0.15, 0.2) is 0 Å². The molecule has 0 bridgehead atoms. The quantitative estimate of drug-likeness (QED) is 0.438. The molecule has 1 aliphatic heterocycles. The number of rotatable bonds is 9. The fourth-order valence-corrected chi connectivity index (χ4v) is 5.06. The molecule has 4 rings (SSSR count). The number of hydrogen-bond acceptors (Lipinski definition) is 5. The van der Waals surface area contributed by atoms with Gasteiger partial charge >= 0.3 is 0 Å². The van der Waals surface area contributed by atoms with E-state index in [9.17, 15) is 13.2 Å². The van der Waals surface area contributed by atoms with Crippen LogP contribution in [0.3, 0.4) is 0 Å². The lowest BCUT2D eigenvalue weighted by Gasteiger charge is -2.38. The van der Waals surface area contributed by atoms with E-state index in [-0.39, 0.29) is 13.4 Å². The van der Waals surface area contributed by atoms with Crippen LogP contribution in [0.2, 0.25) is 5.02 Å². The minimum absolute atomic E-state index is 0. The minimum atomic E-state index is -3.39. The Labute approximate surface area is 219 Å². The van der Waals surface area contributed by atoms with E-state index in [0.29, 0.717) is 49.9 Å². The number of nitrogens with one attached hydrogen (secondary N) is 2. The Kier molecular flexibility index (Phi) is 8.51. The van der Waals surface area contributed by atoms with Gasteiger partial charge in [-0.05, 0) is 41.8 Å². The van der Waals surface area contributed by atoms with E-state index in [4.69, 9.17) is 11.6 Å². The number of anilines is 2. The number of piperazine rings is 1. The summed E-state index contributed by atoms with van der Waals surface area (Å²) in [5.74, 6) is 0.0584. The second-order valence-corrected chi connectivity index (χ2v) is 11.1. The van der Waals surface area contributed by atoms with Crippen molar-refractivity contribution in [1.82, 2.24) is 10.2 Å². The van der Waals surface area contributed by atoms with Gasteiger partial charge in [0.25, 0.3) is 0 Å². The predicted octanol–water partition coefficient (Wildman–Crippen LogP) is 4.01. The molecule has 1 aliphatic rings. The van der Waals surface area contributed by atoms with Crippen molar-refractivity contribution >= 4 is 38.9 Å². The van der Waals surface area contributed by atoms with E-state index < -0.39 is 10.0 Å². The van der Waals surface area contributed by atoms with Gasteiger partial charge in [-0.25, -0.2) is 8.42 Å². The molecule has 1 amide bonds. The number of para-hydroxylation sites is 2. The highest BCUT2D eigenvalue weighted by Crippen LogP contribution is 2.27. The van der Waals surface area contributed by atoms with Gasteiger partial charge in [0.05, 0.1) is 23.7 Å². The molecule has 0 saturated carbocycles. The van der Waals surface area contributed by atoms with Gasteiger partial charge in [-0.2, -0.15) is 0 Å². The maximum absolute atomic E-state index is 13.6. The van der Waals surface area contributed by atoms with E-state index in [1.807, 2.05) is 71.6 Å². The summed E-state index contributed by atoms with van der Waals surface area (Å²) >= 11 is 6.05. The molecular formula is C27H33ClN4O3S. The molecule has 36 heavy (non-hydrogen) atoms. The Bertz CT molecular complexity index is 1270. The third kappa shape index (κ3) is 7.22. The normalized spacial score (nSPS) is 14.9. The summed E-state index contributed by atoms with van der Waals surface area (Å²) in [6.07, 6.45) is 1.70. The van der Waals surface area contributed by atoms with Gasteiger partial charge in [-0.15, -0.1) is 0 Å². The third-order valence-electron chi connectivity index (χ3n) is 6.18. The molecule has 0 aliphatic carbocycles. The Morgan fingerprint density at radius 2 is 1.56 bits per heavy atom. The zero-order chi connectivity index (χ0) is 25.5. The second-order valence-electron chi connectivity index (χ2n) is 8.95. The Balaban J connectivity index is 0.00000380. The van der Waals surface area contributed by atoms with Crippen LogP contribution in [0.4, 0.5) is 11.4 Å². The van der Waals surface area contributed by atoms with Gasteiger partial charge < -0.3 is 15.1 Å². The molecule has 0 spiro atoms. The highest BCUT2D eigenvalue weighted by molar-refractivity contribution is 7.92. The van der Waals surface area contributed by atoms with Crippen molar-refractivity contribution in [2.45, 2.75) is 19.0 Å². The van der Waals surface area contributed by atoms with E-state index in [1.165, 1.54) is 0 Å². The second kappa shape index (κ2) is 11.8. The van der Waals surface area contributed by atoms with Crippen molar-refractivity contribution in [2.24, 2.45) is 0 Å². The first-order valence-corrected chi connectivity index (χ1v) is 14.2. The van der Waals surface area contributed by atoms with Crippen LogP contribution >= 0.6 is 11.6 Å². The minimum Gasteiger partial charge on any atom is -0.366 e. The Morgan fingerprint density at radius 1 is 0.917 bits per heavy atom. The number of carbonyl (C=O) groups excluding carboxylic acids is 1. The molecule has 1 saturated heterocycles. The number of sulfonamides is 1. The first-order valence-electron chi connectivity index (χ1n) is 11.9. The maximum atomic E-state index is 13.6. The summed E-state index contributed by atoms with van der Waals surface area (Å²) in [5.41, 5.74) is 3.52. The lowest BCUT2D eigenvalue weighted by atomic mass is 10.0. The molecule has 1 fully saturated rings. The van der Waals surface area contributed by atoms with Crippen LogP contribution in [0.25, 0.3) is 0 Å². The Hall–Kier alpha value is -3.07. The first kappa shape index (κ1) is 26.0. The van der Waals surface area contributed by atoms with Crippen LogP contribution < -0.4 is 14.9 Å². The van der Waals surface area contributed by atoms with Crippen molar-refractivity contribution in [3.8, 4) is 0 Å². The van der Waals surface area contributed by atoms with Crippen molar-refractivity contribution in [3.63, 3.8) is 0 Å².